The molecule has 2 aliphatic rings. The van der Waals surface area contributed by atoms with E-state index in [0.717, 1.165) is 18.6 Å². The molecule has 5 nitrogen and oxygen atoms in total. The van der Waals surface area contributed by atoms with Gasteiger partial charge in [-0.1, -0.05) is 18.2 Å². The quantitative estimate of drug-likeness (QED) is 0.910. The smallest absolute Gasteiger partial charge is 0.229 e. The Morgan fingerprint density at radius 2 is 1.68 bits per heavy atom. The Balaban J connectivity index is 1.34. The Kier molecular flexibility index (Phi) is 4.14. The largest absolute Gasteiger partial charge is 0.457 e. The third kappa shape index (κ3) is 3.65. The molecule has 1 heterocycles. The van der Waals surface area contributed by atoms with E-state index < -0.39 is 0 Å². The number of amides is 2. The van der Waals surface area contributed by atoms with Gasteiger partial charge in [-0.3, -0.25) is 9.59 Å². The Labute approximate surface area is 146 Å². The molecule has 0 radical (unpaired) electrons. The van der Waals surface area contributed by atoms with Gasteiger partial charge >= 0.3 is 0 Å². The number of nitrogens with zero attached hydrogens (tertiary/aromatic N) is 1. The van der Waals surface area contributed by atoms with Gasteiger partial charge in [0.25, 0.3) is 0 Å². The second-order valence-electron chi connectivity index (χ2n) is 6.61. The monoisotopic (exact) mass is 336 g/mol. The zero-order valence-corrected chi connectivity index (χ0v) is 13.9. The van der Waals surface area contributed by atoms with Crippen LogP contribution in [0.1, 0.15) is 19.3 Å². The molecule has 1 saturated heterocycles. The molecule has 0 spiro atoms. The summed E-state index contributed by atoms with van der Waals surface area (Å²) in [6, 6.07) is 17.2. The molecule has 25 heavy (non-hydrogen) atoms. The Morgan fingerprint density at radius 1 is 1.00 bits per heavy atom. The number of likely N-dealkylation sites (tertiary alicyclic amines) is 1. The number of para-hydroxylation sites is 1. The van der Waals surface area contributed by atoms with Crippen LogP contribution in [0.25, 0.3) is 0 Å². The number of hydrogen-bond acceptors (Lipinski definition) is 3. The van der Waals surface area contributed by atoms with Crippen LogP contribution < -0.4 is 10.1 Å². The molecule has 1 saturated carbocycles. The summed E-state index contributed by atoms with van der Waals surface area (Å²) in [4.78, 5) is 26.2. The van der Waals surface area contributed by atoms with Crippen molar-refractivity contribution in [2.45, 2.75) is 25.3 Å². The van der Waals surface area contributed by atoms with Gasteiger partial charge in [0.05, 0.1) is 5.92 Å². The van der Waals surface area contributed by atoms with Gasteiger partial charge in [0, 0.05) is 24.7 Å². The van der Waals surface area contributed by atoms with Crippen LogP contribution in [0, 0.1) is 5.92 Å². The maximum atomic E-state index is 12.4. The van der Waals surface area contributed by atoms with Crippen LogP contribution in [0.3, 0.4) is 0 Å². The van der Waals surface area contributed by atoms with Gasteiger partial charge in [-0.25, -0.2) is 0 Å². The summed E-state index contributed by atoms with van der Waals surface area (Å²) in [5, 5.41) is 2.90. The van der Waals surface area contributed by atoms with Crippen molar-refractivity contribution in [3.8, 4) is 11.5 Å². The Hall–Kier alpha value is -2.82. The average molecular weight is 336 g/mol. The van der Waals surface area contributed by atoms with E-state index in [1.807, 2.05) is 59.5 Å². The van der Waals surface area contributed by atoms with Crippen LogP contribution in [0.4, 0.5) is 5.69 Å². The number of ether oxygens (including phenoxy) is 1. The summed E-state index contributed by atoms with van der Waals surface area (Å²) < 4.78 is 5.74. The number of hydrogen-bond donors (Lipinski definition) is 1. The number of nitrogens with one attached hydrogen (secondary N) is 1. The normalized spacial score (nSPS) is 19.8. The highest BCUT2D eigenvalue weighted by atomic mass is 16.5. The molecular formula is C20H20N2O3. The fourth-order valence-electron chi connectivity index (χ4n) is 3.12. The molecular weight excluding hydrogens is 316 g/mol. The number of rotatable bonds is 5. The molecule has 1 aliphatic heterocycles. The summed E-state index contributed by atoms with van der Waals surface area (Å²) in [6.45, 7) is 0.546. The van der Waals surface area contributed by atoms with Gasteiger partial charge < -0.3 is 15.0 Å². The molecule has 0 aromatic heterocycles. The maximum absolute atomic E-state index is 12.4. The first-order valence-corrected chi connectivity index (χ1v) is 8.62. The van der Waals surface area contributed by atoms with Crippen LogP contribution in [0.15, 0.2) is 54.6 Å². The van der Waals surface area contributed by atoms with Gasteiger partial charge in [-0.05, 0) is 49.2 Å². The van der Waals surface area contributed by atoms with Crippen LogP contribution in [-0.4, -0.2) is 29.3 Å². The van der Waals surface area contributed by atoms with Crippen LogP contribution in [0.2, 0.25) is 0 Å². The molecule has 1 N–H and O–H groups in total. The molecule has 1 aliphatic carbocycles. The molecule has 1 atom stereocenters. The van der Waals surface area contributed by atoms with Crippen molar-refractivity contribution < 1.29 is 14.3 Å². The average Bonchev–Trinajstić information content (AvgIpc) is 3.39. The Bertz CT molecular complexity index is 769. The molecule has 2 aromatic rings. The predicted molar refractivity (Wildman–Crippen MR) is 94.4 cm³/mol. The van der Waals surface area contributed by atoms with Crippen molar-refractivity contribution in [2.24, 2.45) is 5.92 Å². The zero-order chi connectivity index (χ0) is 17.2. The van der Waals surface area contributed by atoms with Gasteiger partial charge in [0.2, 0.25) is 11.8 Å². The first-order valence-electron chi connectivity index (χ1n) is 8.62. The topological polar surface area (TPSA) is 58.6 Å². The number of anilines is 1. The number of carbonyl (C=O) groups is 2. The van der Waals surface area contributed by atoms with E-state index in [0.29, 0.717) is 30.4 Å². The molecule has 2 aromatic carbocycles. The van der Waals surface area contributed by atoms with Gasteiger partial charge in [-0.2, -0.15) is 0 Å². The van der Waals surface area contributed by atoms with Gasteiger partial charge in [-0.15, -0.1) is 0 Å². The molecule has 128 valence electrons. The summed E-state index contributed by atoms with van der Waals surface area (Å²) >= 11 is 0. The van der Waals surface area contributed by atoms with Crippen molar-refractivity contribution in [3.63, 3.8) is 0 Å². The second-order valence-corrected chi connectivity index (χ2v) is 6.61. The van der Waals surface area contributed by atoms with Crippen molar-refractivity contribution in [1.29, 1.82) is 0 Å². The van der Waals surface area contributed by atoms with E-state index in [1.165, 1.54) is 0 Å². The Morgan fingerprint density at radius 3 is 2.36 bits per heavy atom. The standard InChI is InChI=1S/C20H20N2O3/c23-19-12-14(13-22(19)16-8-9-16)20(24)21-15-6-10-18(11-7-15)25-17-4-2-1-3-5-17/h1-7,10-11,14,16H,8-9,12-13H2,(H,21,24)/t14-/m1/s1. The predicted octanol–water partition coefficient (Wildman–Crippen LogP) is 3.43. The highest BCUT2D eigenvalue weighted by Crippen LogP contribution is 2.33. The lowest BCUT2D eigenvalue weighted by atomic mass is 10.1. The van der Waals surface area contributed by atoms with E-state index >= 15 is 0 Å². The molecule has 5 heteroatoms. The molecule has 0 unspecified atom stereocenters. The van der Waals surface area contributed by atoms with E-state index in [1.54, 1.807) is 0 Å². The summed E-state index contributed by atoms with van der Waals surface area (Å²) in [5.41, 5.74) is 0.711. The highest BCUT2D eigenvalue weighted by Gasteiger charge is 2.41. The van der Waals surface area contributed by atoms with Crippen molar-refractivity contribution in [1.82, 2.24) is 4.90 Å². The number of carbonyl (C=O) groups excluding carboxylic acids is 2. The summed E-state index contributed by atoms with van der Waals surface area (Å²) in [7, 11) is 0. The zero-order valence-electron chi connectivity index (χ0n) is 13.9. The minimum absolute atomic E-state index is 0.0896. The maximum Gasteiger partial charge on any atom is 0.229 e. The van der Waals surface area contributed by atoms with E-state index in [9.17, 15) is 9.59 Å². The third-order valence-electron chi connectivity index (χ3n) is 4.62. The van der Waals surface area contributed by atoms with Crippen LogP contribution in [-0.2, 0) is 9.59 Å². The van der Waals surface area contributed by atoms with E-state index in [2.05, 4.69) is 5.32 Å². The minimum atomic E-state index is -0.256. The first-order chi connectivity index (χ1) is 12.2. The summed E-state index contributed by atoms with van der Waals surface area (Å²) in [6.07, 6.45) is 2.46. The molecule has 2 fully saturated rings. The lowest BCUT2D eigenvalue weighted by Crippen LogP contribution is -2.29. The SMILES string of the molecule is O=C(Nc1ccc(Oc2ccccc2)cc1)[C@@H]1CC(=O)N(C2CC2)C1. The van der Waals surface area contributed by atoms with Crippen molar-refractivity contribution in [2.75, 3.05) is 11.9 Å². The lowest BCUT2D eigenvalue weighted by molar-refractivity contribution is -0.128. The van der Waals surface area contributed by atoms with E-state index in [4.69, 9.17) is 4.74 Å². The minimum Gasteiger partial charge on any atom is -0.457 e. The number of benzene rings is 2. The van der Waals surface area contributed by atoms with Crippen LogP contribution in [0.5, 0.6) is 11.5 Å². The summed E-state index contributed by atoms with van der Waals surface area (Å²) in [5.74, 6) is 1.24. The van der Waals surface area contributed by atoms with Crippen LogP contribution >= 0.6 is 0 Å². The van der Waals surface area contributed by atoms with E-state index in [-0.39, 0.29) is 17.7 Å². The van der Waals surface area contributed by atoms with Crippen molar-refractivity contribution in [3.05, 3.63) is 54.6 Å². The van der Waals surface area contributed by atoms with Crippen molar-refractivity contribution >= 4 is 17.5 Å². The first kappa shape index (κ1) is 15.7. The molecule has 2 amide bonds. The fourth-order valence-corrected chi connectivity index (χ4v) is 3.12. The van der Waals surface area contributed by atoms with Gasteiger partial charge in [0.15, 0.2) is 0 Å². The lowest BCUT2D eigenvalue weighted by Gasteiger charge is -2.15. The molecule has 0 bridgehead atoms. The molecule has 4 rings (SSSR count). The second kappa shape index (κ2) is 6.59. The highest BCUT2D eigenvalue weighted by molar-refractivity contribution is 5.97. The fraction of sp³-hybridized carbons (Fsp3) is 0.300. The van der Waals surface area contributed by atoms with Gasteiger partial charge in [0.1, 0.15) is 11.5 Å². The third-order valence-corrected chi connectivity index (χ3v) is 4.62.